The van der Waals surface area contributed by atoms with Crippen LogP contribution in [-0.2, 0) is 22.6 Å². The SMILES string of the molecule is COc1c(C(=O)O)n(CC(OC)OC)cc(C(=O)NCc2c(F)cc(F)cc2F)c1=O. The second-order valence-electron chi connectivity index (χ2n) is 6.14. The second kappa shape index (κ2) is 10.1. The number of amides is 1. The van der Waals surface area contributed by atoms with Gasteiger partial charge in [0.1, 0.15) is 23.0 Å². The van der Waals surface area contributed by atoms with Crippen molar-refractivity contribution in [1.29, 1.82) is 0 Å². The minimum Gasteiger partial charge on any atom is -0.491 e. The Balaban J connectivity index is 2.46. The van der Waals surface area contributed by atoms with E-state index in [1.54, 1.807) is 0 Å². The Bertz CT molecular complexity index is 1030. The molecule has 0 radical (unpaired) electrons. The Morgan fingerprint density at radius 2 is 1.71 bits per heavy atom. The Hall–Kier alpha value is -3.38. The van der Waals surface area contributed by atoms with Crippen molar-refractivity contribution in [1.82, 2.24) is 9.88 Å². The van der Waals surface area contributed by atoms with Gasteiger partial charge in [0.2, 0.25) is 5.43 Å². The first-order valence-corrected chi connectivity index (χ1v) is 8.66. The van der Waals surface area contributed by atoms with Crippen molar-refractivity contribution < 1.29 is 42.1 Å². The van der Waals surface area contributed by atoms with Crippen LogP contribution in [0.5, 0.6) is 5.75 Å². The smallest absolute Gasteiger partial charge is 0.356 e. The molecule has 1 aromatic heterocycles. The van der Waals surface area contributed by atoms with Crippen molar-refractivity contribution in [2.75, 3.05) is 21.3 Å². The van der Waals surface area contributed by atoms with Crippen molar-refractivity contribution in [2.24, 2.45) is 0 Å². The summed E-state index contributed by atoms with van der Waals surface area (Å²) in [6.45, 7) is -0.926. The molecule has 2 rings (SSSR count). The first-order chi connectivity index (χ1) is 14.6. The summed E-state index contributed by atoms with van der Waals surface area (Å²) in [6, 6.07) is 0.885. The third-order valence-electron chi connectivity index (χ3n) is 4.29. The van der Waals surface area contributed by atoms with Crippen LogP contribution in [0.3, 0.4) is 0 Å². The summed E-state index contributed by atoms with van der Waals surface area (Å²) in [7, 11) is 3.64. The molecule has 9 nitrogen and oxygen atoms in total. The largest absolute Gasteiger partial charge is 0.491 e. The van der Waals surface area contributed by atoms with E-state index in [1.165, 1.54) is 14.2 Å². The summed E-state index contributed by atoms with van der Waals surface area (Å²) in [5.74, 6) is -6.79. The lowest BCUT2D eigenvalue weighted by molar-refractivity contribution is -0.111. The lowest BCUT2D eigenvalue weighted by atomic mass is 10.1. The third-order valence-corrected chi connectivity index (χ3v) is 4.29. The minimum absolute atomic E-state index is 0.229. The summed E-state index contributed by atoms with van der Waals surface area (Å²) >= 11 is 0. The highest BCUT2D eigenvalue weighted by atomic mass is 19.1. The molecular weight excluding hydrogens is 425 g/mol. The van der Waals surface area contributed by atoms with Gasteiger partial charge in [-0.2, -0.15) is 0 Å². The van der Waals surface area contributed by atoms with Gasteiger partial charge in [-0.05, 0) is 0 Å². The summed E-state index contributed by atoms with van der Waals surface area (Å²) in [4.78, 5) is 36.8. The van der Waals surface area contributed by atoms with Crippen LogP contribution in [-0.4, -0.2) is 49.2 Å². The highest BCUT2D eigenvalue weighted by Crippen LogP contribution is 2.18. The number of carboxylic acid groups (broad SMARTS) is 1. The molecule has 0 aliphatic rings. The molecule has 0 spiro atoms. The van der Waals surface area contributed by atoms with Crippen LogP contribution in [0.4, 0.5) is 13.2 Å². The number of methoxy groups -OCH3 is 3. The van der Waals surface area contributed by atoms with Gasteiger partial charge in [-0.15, -0.1) is 0 Å². The molecule has 168 valence electrons. The van der Waals surface area contributed by atoms with Gasteiger partial charge in [-0.3, -0.25) is 9.59 Å². The van der Waals surface area contributed by atoms with E-state index in [0.29, 0.717) is 12.1 Å². The minimum atomic E-state index is -1.51. The highest BCUT2D eigenvalue weighted by molar-refractivity contribution is 5.96. The van der Waals surface area contributed by atoms with E-state index in [1.807, 2.05) is 0 Å². The van der Waals surface area contributed by atoms with Gasteiger partial charge in [0, 0.05) is 44.7 Å². The van der Waals surface area contributed by atoms with Crippen LogP contribution in [0.15, 0.2) is 23.1 Å². The first-order valence-electron chi connectivity index (χ1n) is 8.66. The van der Waals surface area contributed by atoms with Gasteiger partial charge in [-0.25, -0.2) is 18.0 Å². The lowest BCUT2D eigenvalue weighted by Gasteiger charge is -2.20. The number of hydrogen-bond donors (Lipinski definition) is 2. The molecule has 0 saturated heterocycles. The molecule has 0 unspecified atom stereocenters. The molecule has 0 atom stereocenters. The predicted molar refractivity (Wildman–Crippen MR) is 99.5 cm³/mol. The zero-order chi connectivity index (χ0) is 23.3. The standard InChI is InChI=1S/C19H19F3N2O7/c1-29-14(30-2)8-24-7-11(16(25)17(31-3)15(24)19(27)28)18(26)23-6-10-12(21)4-9(20)5-13(10)22/h4-5,7,14H,6,8H2,1-3H3,(H,23,26)(H,27,28). The molecule has 0 aliphatic carbocycles. The fourth-order valence-electron chi connectivity index (χ4n) is 2.77. The quantitative estimate of drug-likeness (QED) is 0.564. The van der Waals surface area contributed by atoms with Gasteiger partial charge < -0.3 is 29.2 Å². The highest BCUT2D eigenvalue weighted by Gasteiger charge is 2.26. The number of aromatic nitrogens is 1. The first kappa shape index (κ1) is 23.9. The van der Waals surface area contributed by atoms with Crippen molar-refractivity contribution in [2.45, 2.75) is 19.4 Å². The number of rotatable bonds is 9. The Kier molecular flexibility index (Phi) is 7.78. The molecule has 1 heterocycles. The van der Waals surface area contributed by atoms with Crippen molar-refractivity contribution >= 4 is 11.9 Å². The molecular formula is C19H19F3N2O7. The average molecular weight is 444 g/mol. The molecule has 0 bridgehead atoms. The summed E-state index contributed by atoms with van der Waals surface area (Å²) in [5.41, 5.74) is -2.79. The van der Waals surface area contributed by atoms with Gasteiger partial charge >= 0.3 is 5.97 Å². The van der Waals surface area contributed by atoms with Crippen LogP contribution < -0.4 is 15.5 Å². The second-order valence-corrected chi connectivity index (χ2v) is 6.14. The van der Waals surface area contributed by atoms with Crippen LogP contribution >= 0.6 is 0 Å². The molecule has 0 saturated carbocycles. The van der Waals surface area contributed by atoms with E-state index in [2.05, 4.69) is 5.32 Å². The molecule has 12 heteroatoms. The number of nitrogens with zero attached hydrogens (tertiary/aromatic N) is 1. The molecule has 31 heavy (non-hydrogen) atoms. The van der Waals surface area contributed by atoms with E-state index >= 15 is 0 Å². The maximum Gasteiger partial charge on any atom is 0.356 e. The number of hydrogen-bond acceptors (Lipinski definition) is 6. The molecule has 0 fully saturated rings. The Labute approximate surface area is 174 Å². The maximum atomic E-state index is 13.8. The summed E-state index contributed by atoms with van der Waals surface area (Å²) in [6.07, 6.45) is 0.00937. The molecule has 2 aromatic rings. The van der Waals surface area contributed by atoms with E-state index in [4.69, 9.17) is 14.2 Å². The van der Waals surface area contributed by atoms with Gasteiger partial charge in [0.25, 0.3) is 5.91 Å². The normalized spacial score (nSPS) is 10.9. The number of benzene rings is 1. The molecule has 0 aliphatic heterocycles. The van der Waals surface area contributed by atoms with Gasteiger partial charge in [-0.1, -0.05) is 0 Å². The number of ether oxygens (including phenoxy) is 3. The number of carbonyl (C=O) groups is 2. The fraction of sp³-hybridized carbons (Fsp3) is 0.316. The Morgan fingerprint density at radius 1 is 1.13 bits per heavy atom. The number of pyridine rings is 1. The fourth-order valence-corrected chi connectivity index (χ4v) is 2.77. The number of nitrogens with one attached hydrogen (secondary N) is 1. The van der Waals surface area contributed by atoms with Gasteiger partial charge in [0.15, 0.2) is 17.7 Å². The van der Waals surface area contributed by atoms with Crippen LogP contribution in [0.1, 0.15) is 26.4 Å². The average Bonchev–Trinajstić information content (AvgIpc) is 2.71. The van der Waals surface area contributed by atoms with Crippen molar-refractivity contribution in [3.05, 3.63) is 62.8 Å². The molecule has 1 aromatic carbocycles. The lowest BCUT2D eigenvalue weighted by Crippen LogP contribution is -2.33. The number of halogens is 3. The van der Waals surface area contributed by atoms with E-state index < -0.39 is 70.2 Å². The monoisotopic (exact) mass is 444 g/mol. The van der Waals surface area contributed by atoms with E-state index in [0.717, 1.165) is 17.9 Å². The summed E-state index contributed by atoms with van der Waals surface area (Å²) < 4.78 is 56.5. The zero-order valence-electron chi connectivity index (χ0n) is 16.7. The van der Waals surface area contributed by atoms with Crippen LogP contribution in [0, 0.1) is 17.5 Å². The maximum absolute atomic E-state index is 13.8. The Morgan fingerprint density at radius 3 is 2.19 bits per heavy atom. The number of carboxylic acids is 1. The van der Waals surface area contributed by atoms with Crippen molar-refractivity contribution in [3.8, 4) is 5.75 Å². The predicted octanol–water partition coefficient (Wildman–Crippen LogP) is 1.52. The van der Waals surface area contributed by atoms with Crippen LogP contribution in [0.2, 0.25) is 0 Å². The summed E-state index contributed by atoms with van der Waals surface area (Å²) in [5, 5.41) is 11.6. The molecule has 2 N–H and O–H groups in total. The topological polar surface area (TPSA) is 116 Å². The molecule has 1 amide bonds. The van der Waals surface area contributed by atoms with E-state index in [9.17, 15) is 32.7 Å². The zero-order valence-corrected chi connectivity index (χ0v) is 16.7. The van der Waals surface area contributed by atoms with Gasteiger partial charge in [0.05, 0.1) is 13.7 Å². The number of carbonyl (C=O) groups excluding carboxylic acids is 1. The van der Waals surface area contributed by atoms with Crippen molar-refractivity contribution in [3.63, 3.8) is 0 Å². The number of aromatic carboxylic acids is 1. The van der Waals surface area contributed by atoms with E-state index in [-0.39, 0.29) is 6.54 Å². The third kappa shape index (κ3) is 5.22. The van der Waals surface area contributed by atoms with Crippen LogP contribution in [0.25, 0.3) is 0 Å².